The first-order valence-corrected chi connectivity index (χ1v) is 7.07. The van der Waals surface area contributed by atoms with Crippen LogP contribution in [0.2, 0.25) is 0 Å². The Kier molecular flexibility index (Phi) is 3.72. The molecule has 2 N–H and O–H groups in total. The minimum absolute atomic E-state index is 0.0154. The SMILES string of the molecule is CC(CS(C)(=O)=O)N1CC(CN)CC1=O. The van der Waals surface area contributed by atoms with Gasteiger partial charge < -0.3 is 10.6 Å². The van der Waals surface area contributed by atoms with Crippen LogP contribution >= 0.6 is 0 Å². The van der Waals surface area contributed by atoms with Crippen LogP contribution in [0, 0.1) is 5.92 Å². The van der Waals surface area contributed by atoms with Crippen molar-refractivity contribution in [2.45, 2.75) is 19.4 Å². The molecule has 1 fully saturated rings. The second-order valence-electron chi connectivity index (χ2n) is 4.29. The molecule has 1 amide bonds. The first-order valence-electron chi connectivity index (χ1n) is 5.00. The Labute approximate surface area is 90.5 Å². The number of nitrogens with two attached hydrogens (primary N) is 1. The smallest absolute Gasteiger partial charge is 0.223 e. The molecule has 0 aromatic heterocycles. The first-order chi connectivity index (χ1) is 6.83. The van der Waals surface area contributed by atoms with E-state index in [1.165, 1.54) is 6.26 Å². The van der Waals surface area contributed by atoms with Crippen LogP contribution in [-0.2, 0) is 14.6 Å². The molecular weight excluding hydrogens is 216 g/mol. The summed E-state index contributed by atoms with van der Waals surface area (Å²) in [6.45, 7) is 2.83. The fourth-order valence-electron chi connectivity index (χ4n) is 1.92. The zero-order valence-electron chi connectivity index (χ0n) is 9.14. The van der Waals surface area contributed by atoms with Crippen LogP contribution in [0.25, 0.3) is 0 Å². The lowest BCUT2D eigenvalue weighted by molar-refractivity contribution is -0.129. The molecule has 0 spiro atoms. The number of likely N-dealkylation sites (tertiary alicyclic amines) is 1. The normalized spacial score (nSPS) is 24.6. The van der Waals surface area contributed by atoms with Crippen molar-refractivity contribution in [1.82, 2.24) is 4.90 Å². The molecule has 2 atom stereocenters. The molecule has 0 aliphatic carbocycles. The third-order valence-electron chi connectivity index (χ3n) is 2.65. The molecule has 15 heavy (non-hydrogen) atoms. The lowest BCUT2D eigenvalue weighted by Gasteiger charge is -2.23. The Bertz CT molecular complexity index is 339. The third-order valence-corrected chi connectivity index (χ3v) is 3.74. The Morgan fingerprint density at radius 2 is 2.20 bits per heavy atom. The van der Waals surface area contributed by atoms with E-state index in [4.69, 9.17) is 5.73 Å². The molecule has 6 heteroatoms. The van der Waals surface area contributed by atoms with Crippen molar-refractivity contribution in [3.8, 4) is 0 Å². The fraction of sp³-hybridized carbons (Fsp3) is 0.889. The molecule has 1 rings (SSSR count). The molecule has 1 aliphatic heterocycles. The van der Waals surface area contributed by atoms with E-state index in [2.05, 4.69) is 0 Å². The van der Waals surface area contributed by atoms with Crippen molar-refractivity contribution >= 4 is 15.7 Å². The van der Waals surface area contributed by atoms with Crippen molar-refractivity contribution in [1.29, 1.82) is 0 Å². The minimum Gasteiger partial charge on any atom is -0.339 e. The van der Waals surface area contributed by atoms with E-state index in [1.54, 1.807) is 11.8 Å². The van der Waals surface area contributed by atoms with Crippen LogP contribution in [0.3, 0.4) is 0 Å². The average molecular weight is 234 g/mol. The largest absolute Gasteiger partial charge is 0.339 e. The summed E-state index contributed by atoms with van der Waals surface area (Å²) < 4.78 is 22.2. The van der Waals surface area contributed by atoms with E-state index in [-0.39, 0.29) is 23.6 Å². The minimum atomic E-state index is -3.03. The number of hydrogen-bond donors (Lipinski definition) is 1. The maximum Gasteiger partial charge on any atom is 0.223 e. The van der Waals surface area contributed by atoms with Gasteiger partial charge in [0.15, 0.2) is 0 Å². The van der Waals surface area contributed by atoms with Crippen molar-refractivity contribution < 1.29 is 13.2 Å². The highest BCUT2D eigenvalue weighted by Gasteiger charge is 2.32. The molecule has 5 nitrogen and oxygen atoms in total. The van der Waals surface area contributed by atoms with Gasteiger partial charge in [0.05, 0.1) is 5.75 Å². The highest BCUT2D eigenvalue weighted by molar-refractivity contribution is 7.90. The van der Waals surface area contributed by atoms with Gasteiger partial charge in [0.1, 0.15) is 9.84 Å². The van der Waals surface area contributed by atoms with Crippen LogP contribution < -0.4 is 5.73 Å². The zero-order valence-corrected chi connectivity index (χ0v) is 9.96. The van der Waals surface area contributed by atoms with Crippen LogP contribution in [0.5, 0.6) is 0 Å². The quantitative estimate of drug-likeness (QED) is 0.692. The second-order valence-corrected chi connectivity index (χ2v) is 6.48. The predicted molar refractivity (Wildman–Crippen MR) is 58.0 cm³/mol. The molecule has 1 heterocycles. The topological polar surface area (TPSA) is 80.5 Å². The van der Waals surface area contributed by atoms with E-state index >= 15 is 0 Å². The Hall–Kier alpha value is -0.620. The summed E-state index contributed by atoms with van der Waals surface area (Å²) >= 11 is 0. The second kappa shape index (κ2) is 4.49. The summed E-state index contributed by atoms with van der Waals surface area (Å²) in [7, 11) is -3.03. The number of carbonyl (C=O) groups is 1. The standard InChI is InChI=1S/C9H18N2O3S/c1-7(6-15(2,13)14)11-5-8(4-10)3-9(11)12/h7-8H,3-6,10H2,1-2H3. The van der Waals surface area contributed by atoms with Crippen molar-refractivity contribution in [3.05, 3.63) is 0 Å². The highest BCUT2D eigenvalue weighted by Crippen LogP contribution is 2.19. The summed E-state index contributed by atoms with van der Waals surface area (Å²) in [5, 5.41) is 0. The summed E-state index contributed by atoms with van der Waals surface area (Å²) in [5.74, 6) is 0.219. The summed E-state index contributed by atoms with van der Waals surface area (Å²) in [4.78, 5) is 13.2. The molecule has 0 aromatic carbocycles. The van der Waals surface area contributed by atoms with E-state index in [0.717, 1.165) is 0 Å². The van der Waals surface area contributed by atoms with Crippen LogP contribution in [0.15, 0.2) is 0 Å². The average Bonchev–Trinajstić information content (AvgIpc) is 2.43. The maximum atomic E-state index is 11.5. The van der Waals surface area contributed by atoms with Gasteiger partial charge in [0.2, 0.25) is 5.91 Å². The van der Waals surface area contributed by atoms with Gasteiger partial charge in [-0.3, -0.25) is 4.79 Å². The van der Waals surface area contributed by atoms with E-state index in [0.29, 0.717) is 19.5 Å². The van der Waals surface area contributed by atoms with E-state index in [9.17, 15) is 13.2 Å². The van der Waals surface area contributed by atoms with Gasteiger partial charge in [-0.1, -0.05) is 0 Å². The van der Waals surface area contributed by atoms with Crippen molar-refractivity contribution in [2.75, 3.05) is 25.1 Å². The molecule has 0 aromatic rings. The van der Waals surface area contributed by atoms with Crippen LogP contribution in [-0.4, -0.2) is 50.4 Å². The van der Waals surface area contributed by atoms with Gasteiger partial charge in [0.25, 0.3) is 0 Å². The summed E-state index contributed by atoms with van der Waals surface area (Å²) in [5.41, 5.74) is 5.49. The predicted octanol–water partition coefficient (Wildman–Crippen LogP) is -0.773. The Balaban J connectivity index is 2.61. The van der Waals surface area contributed by atoms with Gasteiger partial charge in [-0.05, 0) is 19.4 Å². The van der Waals surface area contributed by atoms with Gasteiger partial charge in [-0.25, -0.2) is 8.42 Å². The highest BCUT2D eigenvalue weighted by atomic mass is 32.2. The molecule has 1 saturated heterocycles. The number of sulfone groups is 1. The molecule has 2 unspecified atom stereocenters. The van der Waals surface area contributed by atoms with Gasteiger partial charge in [0, 0.05) is 25.3 Å². The number of carbonyl (C=O) groups excluding carboxylic acids is 1. The number of amides is 1. The maximum absolute atomic E-state index is 11.5. The van der Waals surface area contributed by atoms with Gasteiger partial charge >= 0.3 is 0 Å². The van der Waals surface area contributed by atoms with Crippen LogP contribution in [0.1, 0.15) is 13.3 Å². The van der Waals surface area contributed by atoms with Gasteiger partial charge in [-0.2, -0.15) is 0 Å². The Morgan fingerprint density at radius 3 is 2.60 bits per heavy atom. The molecule has 0 saturated carbocycles. The number of nitrogens with zero attached hydrogens (tertiary/aromatic N) is 1. The van der Waals surface area contributed by atoms with E-state index < -0.39 is 9.84 Å². The Morgan fingerprint density at radius 1 is 1.60 bits per heavy atom. The molecular formula is C9H18N2O3S. The fourth-order valence-corrected chi connectivity index (χ4v) is 2.98. The van der Waals surface area contributed by atoms with E-state index in [1.807, 2.05) is 0 Å². The molecule has 0 radical (unpaired) electrons. The first kappa shape index (κ1) is 12.4. The molecule has 1 aliphatic rings. The van der Waals surface area contributed by atoms with Crippen molar-refractivity contribution in [2.24, 2.45) is 11.7 Å². The van der Waals surface area contributed by atoms with Crippen LogP contribution in [0.4, 0.5) is 0 Å². The summed E-state index contributed by atoms with van der Waals surface area (Å²) in [6.07, 6.45) is 1.63. The lowest BCUT2D eigenvalue weighted by Crippen LogP contribution is -2.39. The summed E-state index contributed by atoms with van der Waals surface area (Å²) in [6, 6.07) is -0.246. The zero-order chi connectivity index (χ0) is 11.6. The number of rotatable bonds is 4. The van der Waals surface area contributed by atoms with Crippen molar-refractivity contribution in [3.63, 3.8) is 0 Å². The van der Waals surface area contributed by atoms with Gasteiger partial charge in [-0.15, -0.1) is 0 Å². The molecule has 88 valence electrons. The monoisotopic (exact) mass is 234 g/mol. The number of hydrogen-bond acceptors (Lipinski definition) is 4. The lowest BCUT2D eigenvalue weighted by atomic mass is 10.1. The molecule has 0 bridgehead atoms. The third kappa shape index (κ3) is 3.46.